The first kappa shape index (κ1) is 22.3. The lowest BCUT2D eigenvalue weighted by Gasteiger charge is -2.29. The molecule has 0 aromatic heterocycles. The quantitative estimate of drug-likeness (QED) is 0.670. The minimum atomic E-state index is -0.0291. The molecule has 1 aliphatic rings. The van der Waals surface area contributed by atoms with Crippen LogP contribution in [0.3, 0.4) is 0 Å². The molecule has 2 N–H and O–H groups in total. The third kappa shape index (κ3) is 6.07. The summed E-state index contributed by atoms with van der Waals surface area (Å²) in [5.74, 6) is 0.874. The minimum absolute atomic E-state index is 0.0291. The van der Waals surface area contributed by atoms with E-state index in [0.29, 0.717) is 11.8 Å². The fraction of sp³-hybridized carbons (Fsp3) is 0.480. The molecular formula is C25H35N3O2. The maximum Gasteiger partial charge on any atom is 0.238 e. The number of carbonyl (C=O) groups is 1. The van der Waals surface area contributed by atoms with Crippen molar-refractivity contribution in [3.05, 3.63) is 59.7 Å². The summed E-state index contributed by atoms with van der Waals surface area (Å²) >= 11 is 0. The predicted octanol–water partition coefficient (Wildman–Crippen LogP) is 4.57. The van der Waals surface area contributed by atoms with Crippen molar-refractivity contribution in [2.24, 2.45) is 5.92 Å². The Morgan fingerprint density at radius 2 is 1.53 bits per heavy atom. The normalized spacial score (nSPS) is 15.5. The van der Waals surface area contributed by atoms with Crippen molar-refractivity contribution >= 4 is 17.3 Å². The molecule has 0 bridgehead atoms. The molecule has 5 heteroatoms. The Bertz CT molecular complexity index is 794. The van der Waals surface area contributed by atoms with Gasteiger partial charge in [-0.1, -0.05) is 52.0 Å². The van der Waals surface area contributed by atoms with Gasteiger partial charge in [0.15, 0.2) is 0 Å². The Morgan fingerprint density at radius 3 is 2.10 bits per heavy atom. The summed E-state index contributed by atoms with van der Waals surface area (Å²) in [5.41, 5.74) is 4.54. The van der Waals surface area contributed by atoms with E-state index >= 15 is 0 Å². The Morgan fingerprint density at radius 1 is 0.933 bits per heavy atom. The van der Waals surface area contributed by atoms with E-state index < -0.39 is 0 Å². The number of ether oxygens (including phenoxy) is 1. The average molecular weight is 410 g/mol. The predicted molar refractivity (Wildman–Crippen MR) is 124 cm³/mol. The smallest absolute Gasteiger partial charge is 0.238 e. The van der Waals surface area contributed by atoms with E-state index in [1.54, 1.807) is 0 Å². The van der Waals surface area contributed by atoms with Gasteiger partial charge in [0.05, 0.1) is 19.8 Å². The van der Waals surface area contributed by atoms with Crippen molar-refractivity contribution in [1.29, 1.82) is 0 Å². The zero-order valence-electron chi connectivity index (χ0n) is 18.7. The largest absolute Gasteiger partial charge is 0.378 e. The van der Waals surface area contributed by atoms with Crippen molar-refractivity contribution in [3.8, 4) is 0 Å². The summed E-state index contributed by atoms with van der Waals surface area (Å²) < 4.78 is 5.40. The van der Waals surface area contributed by atoms with E-state index in [4.69, 9.17) is 4.74 Å². The van der Waals surface area contributed by atoms with Crippen molar-refractivity contribution in [1.82, 2.24) is 5.32 Å². The van der Waals surface area contributed by atoms with Crippen LogP contribution in [-0.4, -0.2) is 38.8 Å². The van der Waals surface area contributed by atoms with Crippen molar-refractivity contribution in [2.45, 2.75) is 39.7 Å². The number of rotatable bonds is 8. The molecule has 2 aromatic rings. The van der Waals surface area contributed by atoms with Gasteiger partial charge >= 0.3 is 0 Å². The van der Waals surface area contributed by atoms with Gasteiger partial charge in [-0.15, -0.1) is 0 Å². The second kappa shape index (κ2) is 10.6. The molecule has 162 valence electrons. The number of nitrogens with one attached hydrogen (secondary N) is 2. The van der Waals surface area contributed by atoms with Gasteiger partial charge in [-0.05, 0) is 47.2 Å². The first-order chi connectivity index (χ1) is 14.4. The summed E-state index contributed by atoms with van der Waals surface area (Å²) in [4.78, 5) is 14.8. The number of amides is 1. The molecule has 5 nitrogen and oxygen atoms in total. The monoisotopic (exact) mass is 409 g/mol. The first-order valence-electron chi connectivity index (χ1n) is 11.0. The second-order valence-corrected chi connectivity index (χ2v) is 8.62. The molecule has 2 aromatic carbocycles. The van der Waals surface area contributed by atoms with Crippen LogP contribution in [0.5, 0.6) is 0 Å². The van der Waals surface area contributed by atoms with Gasteiger partial charge in [0.1, 0.15) is 0 Å². The lowest BCUT2D eigenvalue weighted by Crippen LogP contribution is -2.36. The third-order valence-corrected chi connectivity index (χ3v) is 5.64. The summed E-state index contributed by atoms with van der Waals surface area (Å²) in [5, 5.41) is 6.43. The standard InChI is InChI=1S/C25H35N3O2/c1-18(2)20-5-7-21(8-6-20)25(19(3)4)26-17-24(29)27-22-9-11-23(12-10-22)28-13-15-30-16-14-28/h5-12,18-19,25-26H,13-17H2,1-4H3,(H,27,29)/t25-/m0/s1. The number of carbonyl (C=O) groups excluding carboxylic acids is 1. The molecule has 1 saturated heterocycles. The Hall–Kier alpha value is -2.37. The molecule has 3 rings (SSSR count). The number of benzene rings is 2. The van der Waals surface area contributed by atoms with Gasteiger partial charge in [-0.2, -0.15) is 0 Å². The fourth-order valence-electron chi connectivity index (χ4n) is 3.81. The third-order valence-electron chi connectivity index (χ3n) is 5.64. The molecule has 0 spiro atoms. The Kier molecular flexibility index (Phi) is 7.88. The maximum absolute atomic E-state index is 12.5. The first-order valence-corrected chi connectivity index (χ1v) is 11.0. The van der Waals surface area contributed by atoms with Crippen LogP contribution in [0.1, 0.15) is 50.8 Å². The van der Waals surface area contributed by atoms with Crippen LogP contribution in [0.15, 0.2) is 48.5 Å². The molecule has 0 unspecified atom stereocenters. The second-order valence-electron chi connectivity index (χ2n) is 8.62. The van der Waals surface area contributed by atoms with Crippen LogP contribution in [0.25, 0.3) is 0 Å². The highest BCUT2D eigenvalue weighted by atomic mass is 16.5. The van der Waals surface area contributed by atoms with E-state index in [1.807, 2.05) is 12.1 Å². The molecule has 30 heavy (non-hydrogen) atoms. The van der Waals surface area contributed by atoms with Crippen LogP contribution >= 0.6 is 0 Å². The van der Waals surface area contributed by atoms with Crippen molar-refractivity contribution in [2.75, 3.05) is 43.1 Å². The lowest BCUT2D eigenvalue weighted by molar-refractivity contribution is -0.115. The number of morpholine rings is 1. The highest BCUT2D eigenvalue weighted by molar-refractivity contribution is 5.92. The van der Waals surface area contributed by atoms with Gasteiger partial charge in [-0.25, -0.2) is 0 Å². The zero-order chi connectivity index (χ0) is 21.5. The van der Waals surface area contributed by atoms with Gasteiger partial charge in [0, 0.05) is 30.5 Å². The van der Waals surface area contributed by atoms with Crippen molar-refractivity contribution in [3.63, 3.8) is 0 Å². The van der Waals surface area contributed by atoms with Gasteiger partial charge < -0.3 is 20.3 Å². The maximum atomic E-state index is 12.5. The molecule has 1 fully saturated rings. The van der Waals surface area contributed by atoms with E-state index in [1.165, 1.54) is 16.8 Å². The van der Waals surface area contributed by atoms with E-state index in [-0.39, 0.29) is 18.5 Å². The topological polar surface area (TPSA) is 53.6 Å². The molecule has 1 amide bonds. The molecule has 0 aliphatic carbocycles. The van der Waals surface area contributed by atoms with Crippen molar-refractivity contribution < 1.29 is 9.53 Å². The van der Waals surface area contributed by atoms with Gasteiger partial charge in [0.2, 0.25) is 5.91 Å². The zero-order valence-corrected chi connectivity index (χ0v) is 18.7. The summed E-state index contributed by atoms with van der Waals surface area (Å²) in [7, 11) is 0. The summed E-state index contributed by atoms with van der Waals surface area (Å²) in [6, 6.07) is 16.9. The summed E-state index contributed by atoms with van der Waals surface area (Å²) in [6.07, 6.45) is 0. The average Bonchev–Trinajstić information content (AvgIpc) is 2.75. The minimum Gasteiger partial charge on any atom is -0.378 e. The number of hydrogen-bond acceptors (Lipinski definition) is 4. The molecule has 1 heterocycles. The number of anilines is 2. The van der Waals surface area contributed by atoms with E-state index in [0.717, 1.165) is 32.0 Å². The van der Waals surface area contributed by atoms with Crippen LogP contribution < -0.4 is 15.5 Å². The van der Waals surface area contributed by atoms with Crippen LogP contribution in [0.4, 0.5) is 11.4 Å². The molecule has 1 atom stereocenters. The van der Waals surface area contributed by atoms with Crippen LogP contribution in [-0.2, 0) is 9.53 Å². The Labute approximate surface area is 180 Å². The Balaban J connectivity index is 1.54. The van der Waals surface area contributed by atoms with Crippen LogP contribution in [0.2, 0.25) is 0 Å². The molecule has 0 saturated carbocycles. The van der Waals surface area contributed by atoms with E-state index in [2.05, 4.69) is 79.6 Å². The SMILES string of the molecule is CC(C)c1ccc([C@@H](NCC(=O)Nc2ccc(N3CCOCC3)cc2)C(C)C)cc1. The number of hydrogen-bond donors (Lipinski definition) is 2. The van der Waals surface area contributed by atoms with Gasteiger partial charge in [-0.3, -0.25) is 4.79 Å². The fourth-order valence-corrected chi connectivity index (χ4v) is 3.81. The van der Waals surface area contributed by atoms with E-state index in [9.17, 15) is 4.79 Å². The molecular weight excluding hydrogens is 374 g/mol. The van der Waals surface area contributed by atoms with Gasteiger partial charge in [0.25, 0.3) is 0 Å². The molecule has 1 aliphatic heterocycles. The summed E-state index contributed by atoms with van der Waals surface area (Å²) in [6.45, 7) is 12.4. The molecule has 0 radical (unpaired) electrons. The lowest BCUT2D eigenvalue weighted by atomic mass is 9.93. The highest BCUT2D eigenvalue weighted by Crippen LogP contribution is 2.24. The highest BCUT2D eigenvalue weighted by Gasteiger charge is 2.17. The number of nitrogens with zero attached hydrogens (tertiary/aromatic N) is 1. The van der Waals surface area contributed by atoms with Crippen LogP contribution in [0, 0.1) is 5.92 Å².